The topological polar surface area (TPSA) is 126 Å². The highest BCUT2D eigenvalue weighted by molar-refractivity contribution is 6.35. The first-order chi connectivity index (χ1) is 13.8. The second-order valence-corrected chi connectivity index (χ2v) is 8.41. The molecule has 9 heteroatoms. The van der Waals surface area contributed by atoms with Crippen LogP contribution in [0.2, 0.25) is 5.02 Å². The van der Waals surface area contributed by atoms with E-state index in [2.05, 4.69) is 5.32 Å². The molecule has 4 amide bonds. The molecule has 3 aliphatic heterocycles. The minimum absolute atomic E-state index is 0.0842. The predicted octanol–water partition coefficient (Wildman–Crippen LogP) is 0.0998. The van der Waals surface area contributed by atoms with E-state index in [1.807, 2.05) is 6.92 Å². The normalized spacial score (nSPS) is 30.1. The van der Waals surface area contributed by atoms with Gasteiger partial charge in [0.25, 0.3) is 5.91 Å². The molecule has 0 radical (unpaired) electrons. The first kappa shape index (κ1) is 19.8. The average molecular weight is 420 g/mol. The summed E-state index contributed by atoms with van der Waals surface area (Å²) in [6.45, 7) is 2.32. The molecule has 1 aromatic rings. The Balaban J connectivity index is 1.81. The van der Waals surface area contributed by atoms with E-state index < -0.39 is 29.3 Å². The molecule has 1 spiro atoms. The lowest BCUT2D eigenvalue weighted by Crippen LogP contribution is -2.99. The van der Waals surface area contributed by atoms with Gasteiger partial charge in [0.15, 0.2) is 0 Å². The molecule has 0 bridgehead atoms. The van der Waals surface area contributed by atoms with Crippen LogP contribution >= 0.6 is 11.6 Å². The molecule has 29 heavy (non-hydrogen) atoms. The van der Waals surface area contributed by atoms with Gasteiger partial charge >= 0.3 is 0 Å². The summed E-state index contributed by atoms with van der Waals surface area (Å²) in [6, 6.07) is 4.78. The van der Waals surface area contributed by atoms with Crippen LogP contribution in [0.25, 0.3) is 0 Å². The molecule has 0 unspecified atom stereocenters. The number of halogens is 1. The zero-order valence-electron chi connectivity index (χ0n) is 16.1. The van der Waals surface area contributed by atoms with E-state index >= 15 is 0 Å². The first-order valence-electron chi connectivity index (χ1n) is 9.93. The number of rotatable bonds is 6. The van der Waals surface area contributed by atoms with E-state index in [4.69, 9.17) is 17.3 Å². The summed E-state index contributed by atoms with van der Waals surface area (Å²) < 4.78 is 0. The largest absolute Gasteiger partial charge is 0.370 e. The Labute approximate surface area is 173 Å². The van der Waals surface area contributed by atoms with E-state index in [0.29, 0.717) is 35.7 Å². The Morgan fingerprint density at radius 1 is 1.31 bits per heavy atom. The number of likely N-dealkylation sites (tertiary alicyclic amines) is 1. The molecule has 3 aliphatic rings. The molecule has 0 saturated carbocycles. The Morgan fingerprint density at radius 3 is 2.76 bits per heavy atom. The number of nitrogens with two attached hydrogens (primary N) is 2. The lowest BCUT2D eigenvalue weighted by Gasteiger charge is -2.26. The van der Waals surface area contributed by atoms with Crippen LogP contribution in [-0.2, 0) is 24.7 Å². The van der Waals surface area contributed by atoms with Crippen LogP contribution in [-0.4, -0.2) is 41.1 Å². The van der Waals surface area contributed by atoms with E-state index in [1.54, 1.807) is 23.5 Å². The summed E-state index contributed by atoms with van der Waals surface area (Å²) >= 11 is 6.29. The maximum Gasteiger partial charge on any atom is 0.291 e. The van der Waals surface area contributed by atoms with Crippen molar-refractivity contribution in [1.82, 2.24) is 4.90 Å². The molecule has 5 N–H and O–H groups in total. The summed E-state index contributed by atoms with van der Waals surface area (Å²) in [5.41, 5.74) is 5.16. The minimum Gasteiger partial charge on any atom is -0.370 e. The van der Waals surface area contributed by atoms with Crippen molar-refractivity contribution in [3.05, 3.63) is 28.8 Å². The number of imide groups is 1. The molecule has 2 saturated heterocycles. The number of amides is 4. The maximum atomic E-state index is 13.4. The number of hydrogen-bond acceptors (Lipinski definition) is 4. The molecule has 8 nitrogen and oxygen atoms in total. The van der Waals surface area contributed by atoms with Gasteiger partial charge in [0.2, 0.25) is 23.3 Å². The second kappa shape index (κ2) is 7.11. The third-order valence-electron chi connectivity index (χ3n) is 6.40. The van der Waals surface area contributed by atoms with Gasteiger partial charge in [-0.15, -0.1) is 0 Å². The van der Waals surface area contributed by atoms with Crippen LogP contribution in [0.4, 0.5) is 5.69 Å². The minimum atomic E-state index is -1.26. The van der Waals surface area contributed by atoms with Crippen molar-refractivity contribution in [2.45, 2.75) is 44.2 Å². The van der Waals surface area contributed by atoms with Gasteiger partial charge in [-0.2, -0.15) is 0 Å². The fraction of sp³-hybridized carbons (Fsp3) is 0.500. The maximum absolute atomic E-state index is 13.4. The van der Waals surface area contributed by atoms with Crippen molar-refractivity contribution in [2.24, 2.45) is 17.6 Å². The molecule has 4 atom stereocenters. The predicted molar refractivity (Wildman–Crippen MR) is 105 cm³/mol. The summed E-state index contributed by atoms with van der Waals surface area (Å²) in [6.07, 6.45) is 1.95. The number of fused-ring (bicyclic) bond motifs is 4. The molecule has 4 rings (SSSR count). The quantitative estimate of drug-likeness (QED) is 0.565. The number of hydrogen-bond donors (Lipinski definition) is 3. The fourth-order valence-corrected chi connectivity index (χ4v) is 5.35. The van der Waals surface area contributed by atoms with Gasteiger partial charge in [-0.25, -0.2) is 0 Å². The number of carbonyl (C=O) groups excluding carboxylic acids is 4. The lowest BCUT2D eigenvalue weighted by molar-refractivity contribution is -0.734. The zero-order chi connectivity index (χ0) is 20.9. The van der Waals surface area contributed by atoms with E-state index in [1.165, 1.54) is 4.90 Å². The van der Waals surface area contributed by atoms with Crippen LogP contribution in [0, 0.1) is 11.8 Å². The third kappa shape index (κ3) is 2.77. The fourth-order valence-electron chi connectivity index (χ4n) is 5.12. The lowest BCUT2D eigenvalue weighted by atomic mass is 9.76. The van der Waals surface area contributed by atoms with Crippen molar-refractivity contribution in [2.75, 3.05) is 11.9 Å². The van der Waals surface area contributed by atoms with E-state index in [0.717, 1.165) is 6.42 Å². The molecule has 1 aromatic carbocycles. The number of nitrogens with one attached hydrogen (secondary N) is 1. The van der Waals surface area contributed by atoms with Crippen molar-refractivity contribution in [3.8, 4) is 0 Å². The monoisotopic (exact) mass is 419 g/mol. The average Bonchev–Trinajstić information content (AvgIpc) is 3.25. The molecular formula is C20H24ClN4O4+. The Kier molecular flexibility index (Phi) is 4.86. The Hall–Kier alpha value is -2.45. The number of quaternary nitrogens is 1. The van der Waals surface area contributed by atoms with Crippen molar-refractivity contribution in [3.63, 3.8) is 0 Å². The number of benzene rings is 1. The van der Waals surface area contributed by atoms with Gasteiger partial charge < -0.3 is 16.4 Å². The number of primary amides is 1. The number of anilines is 1. The molecule has 0 aromatic heterocycles. The number of nitrogens with zero attached hydrogens (tertiary/aromatic N) is 1. The standard InChI is InChI=1S/C20H23ClN4O4/c1-2-3-9-25-17(27)14-12(7-8-13(22)26)24-20(15(14)18(25)28)10-5-4-6-11(21)16(10)23-19(20)29/h4-6,12,14-15,24H,2-3,7-9H2,1H3,(H2,22,26)(H,23,29)/p+1/t12-,14+,15-,20-/m0/s1. The Bertz CT molecular complexity index is 920. The van der Waals surface area contributed by atoms with Crippen molar-refractivity contribution >= 4 is 40.9 Å². The summed E-state index contributed by atoms with van der Waals surface area (Å²) in [4.78, 5) is 52.5. The number of unbranched alkanes of at least 4 members (excludes halogenated alkanes) is 1. The van der Waals surface area contributed by atoms with Gasteiger partial charge in [0, 0.05) is 24.9 Å². The molecule has 0 aliphatic carbocycles. The Morgan fingerprint density at radius 2 is 2.07 bits per heavy atom. The summed E-state index contributed by atoms with van der Waals surface area (Å²) in [5, 5.41) is 4.99. The molecule has 154 valence electrons. The molecular weight excluding hydrogens is 396 g/mol. The van der Waals surface area contributed by atoms with Gasteiger partial charge in [-0.3, -0.25) is 24.1 Å². The van der Waals surface area contributed by atoms with Gasteiger partial charge in [0.1, 0.15) is 17.9 Å². The third-order valence-corrected chi connectivity index (χ3v) is 6.72. The van der Waals surface area contributed by atoms with Crippen LogP contribution in [0.5, 0.6) is 0 Å². The molecule has 3 heterocycles. The summed E-state index contributed by atoms with van der Waals surface area (Å²) in [5.74, 6) is -2.92. The summed E-state index contributed by atoms with van der Waals surface area (Å²) in [7, 11) is 0. The highest BCUT2D eigenvalue weighted by Crippen LogP contribution is 2.50. The highest BCUT2D eigenvalue weighted by atomic mass is 35.5. The molecule has 2 fully saturated rings. The van der Waals surface area contributed by atoms with Gasteiger partial charge in [-0.1, -0.05) is 31.0 Å². The number of carbonyl (C=O) groups is 4. The number of para-hydroxylation sites is 1. The van der Waals surface area contributed by atoms with Crippen LogP contribution in [0.15, 0.2) is 18.2 Å². The van der Waals surface area contributed by atoms with Crippen LogP contribution in [0.1, 0.15) is 38.2 Å². The van der Waals surface area contributed by atoms with E-state index in [-0.39, 0.29) is 24.1 Å². The van der Waals surface area contributed by atoms with Crippen molar-refractivity contribution in [1.29, 1.82) is 0 Å². The van der Waals surface area contributed by atoms with Crippen LogP contribution in [0.3, 0.4) is 0 Å². The van der Waals surface area contributed by atoms with E-state index in [9.17, 15) is 19.2 Å². The zero-order valence-corrected chi connectivity index (χ0v) is 16.9. The smallest absolute Gasteiger partial charge is 0.291 e. The second-order valence-electron chi connectivity index (χ2n) is 8.01. The highest BCUT2D eigenvalue weighted by Gasteiger charge is 2.74. The van der Waals surface area contributed by atoms with Gasteiger partial charge in [-0.05, 0) is 18.6 Å². The first-order valence-corrected chi connectivity index (χ1v) is 10.3. The SMILES string of the molecule is CCCCN1C(=O)[C@@H]2[C@H](CCC(N)=O)[NH2+][C@]3(C(=O)Nc4c(Cl)cccc43)[C@@H]2C1=O. The van der Waals surface area contributed by atoms with Crippen LogP contribution < -0.4 is 16.4 Å². The van der Waals surface area contributed by atoms with Gasteiger partial charge in [0.05, 0.1) is 10.7 Å². The van der Waals surface area contributed by atoms with Crippen molar-refractivity contribution < 1.29 is 24.5 Å².